The van der Waals surface area contributed by atoms with Crippen LogP contribution in [0.5, 0.6) is 0 Å². The average Bonchev–Trinajstić information content (AvgIpc) is 2.93. The second-order valence-corrected chi connectivity index (χ2v) is 5.99. The fourth-order valence-corrected chi connectivity index (χ4v) is 2.74. The Morgan fingerprint density at radius 1 is 1.27 bits per heavy atom. The zero-order valence-electron chi connectivity index (χ0n) is 12.6. The highest BCUT2D eigenvalue weighted by molar-refractivity contribution is 5.17. The molecule has 1 aromatic carbocycles. The third kappa shape index (κ3) is 2.74. The molecule has 0 bridgehead atoms. The van der Waals surface area contributed by atoms with Crippen LogP contribution in [0.2, 0.25) is 0 Å². The summed E-state index contributed by atoms with van der Waals surface area (Å²) in [5.74, 6) is -0.879. The maximum Gasteiger partial charge on any atom is 0.211 e. The summed E-state index contributed by atoms with van der Waals surface area (Å²) in [5.41, 5.74) is -0.774. The van der Waals surface area contributed by atoms with Crippen molar-refractivity contribution in [3.8, 4) is 6.07 Å². The van der Waals surface area contributed by atoms with Crippen molar-refractivity contribution in [2.75, 3.05) is 6.61 Å². The quantitative estimate of drug-likeness (QED) is 0.845. The summed E-state index contributed by atoms with van der Waals surface area (Å²) in [6.45, 7) is 3.89. The zero-order valence-corrected chi connectivity index (χ0v) is 12.6. The smallest absolute Gasteiger partial charge is 0.211 e. The summed E-state index contributed by atoms with van der Waals surface area (Å²) < 4.78 is 22.3. The van der Waals surface area contributed by atoms with Crippen molar-refractivity contribution in [1.29, 1.82) is 5.26 Å². The van der Waals surface area contributed by atoms with Crippen molar-refractivity contribution in [1.82, 2.24) is 0 Å². The van der Waals surface area contributed by atoms with Gasteiger partial charge in [-0.1, -0.05) is 30.3 Å². The lowest BCUT2D eigenvalue weighted by atomic mass is 9.94. The Morgan fingerprint density at radius 3 is 2.68 bits per heavy atom. The van der Waals surface area contributed by atoms with Gasteiger partial charge in [-0.25, -0.2) is 0 Å². The Kier molecular flexibility index (Phi) is 3.93. The summed E-state index contributed by atoms with van der Waals surface area (Å²) in [5, 5.41) is 19.9. The molecular weight excluding hydrogens is 286 g/mol. The molecule has 2 saturated heterocycles. The van der Waals surface area contributed by atoms with E-state index in [0.717, 1.165) is 5.56 Å². The van der Waals surface area contributed by atoms with Crippen LogP contribution in [0.1, 0.15) is 19.4 Å². The first-order chi connectivity index (χ1) is 10.4. The number of fused-ring (bicyclic) bond motifs is 1. The summed E-state index contributed by atoms with van der Waals surface area (Å²) in [6, 6.07) is 11.5. The van der Waals surface area contributed by atoms with Crippen LogP contribution in [0.15, 0.2) is 30.3 Å². The lowest BCUT2D eigenvalue weighted by molar-refractivity contribution is -0.228. The Balaban J connectivity index is 1.62. The van der Waals surface area contributed by atoms with Crippen LogP contribution < -0.4 is 0 Å². The highest BCUT2D eigenvalue weighted by Gasteiger charge is 2.63. The number of hydrogen-bond donors (Lipinski definition) is 1. The standard InChI is InChI=1S/C16H19NO5/c1-15(2)21-13-14(22-15)20-12(16(13,18)10-17)9-19-8-11-6-4-3-5-7-11/h3-7,12-14,18H,8-9H2,1-2H3/t12-,13+,14-,16-/m1/s1. The fraction of sp³-hybridized carbons (Fsp3) is 0.562. The Labute approximate surface area is 129 Å². The Morgan fingerprint density at radius 2 is 2.00 bits per heavy atom. The van der Waals surface area contributed by atoms with Gasteiger partial charge in [-0.15, -0.1) is 0 Å². The zero-order chi connectivity index (χ0) is 15.8. The van der Waals surface area contributed by atoms with Crippen molar-refractivity contribution < 1.29 is 24.1 Å². The number of rotatable bonds is 4. The summed E-state index contributed by atoms with van der Waals surface area (Å²) in [4.78, 5) is 0. The number of nitrogens with zero attached hydrogens (tertiary/aromatic N) is 1. The van der Waals surface area contributed by atoms with Gasteiger partial charge < -0.3 is 24.1 Å². The normalized spacial score (nSPS) is 36.0. The van der Waals surface area contributed by atoms with Gasteiger partial charge in [0.2, 0.25) is 5.60 Å². The molecule has 0 saturated carbocycles. The van der Waals surface area contributed by atoms with Crippen molar-refractivity contribution in [2.24, 2.45) is 0 Å². The van der Waals surface area contributed by atoms with Crippen molar-refractivity contribution in [3.63, 3.8) is 0 Å². The molecule has 3 rings (SSSR count). The highest BCUT2D eigenvalue weighted by Crippen LogP contribution is 2.42. The maximum absolute atomic E-state index is 10.6. The molecule has 1 aromatic rings. The van der Waals surface area contributed by atoms with E-state index in [1.165, 1.54) is 0 Å². The molecule has 2 aliphatic heterocycles. The SMILES string of the molecule is CC1(C)O[C@H]2O[C@H](COCc3ccccc3)[C@](O)(C#N)[C@H]2O1. The molecule has 6 nitrogen and oxygen atoms in total. The molecule has 22 heavy (non-hydrogen) atoms. The molecule has 4 atom stereocenters. The molecule has 0 aromatic heterocycles. The molecule has 118 valence electrons. The second-order valence-electron chi connectivity index (χ2n) is 5.99. The first-order valence-electron chi connectivity index (χ1n) is 7.21. The predicted molar refractivity (Wildman–Crippen MR) is 75.4 cm³/mol. The molecule has 0 radical (unpaired) electrons. The Bertz CT molecular complexity index is 570. The van der Waals surface area contributed by atoms with Gasteiger partial charge in [-0.05, 0) is 19.4 Å². The molecule has 0 aliphatic carbocycles. The third-order valence-corrected chi connectivity index (χ3v) is 3.84. The molecular formula is C16H19NO5. The number of ether oxygens (including phenoxy) is 4. The van der Waals surface area contributed by atoms with Gasteiger partial charge in [0, 0.05) is 0 Å². The van der Waals surface area contributed by atoms with Crippen LogP contribution in [0.25, 0.3) is 0 Å². The van der Waals surface area contributed by atoms with Gasteiger partial charge in [0.15, 0.2) is 18.2 Å². The van der Waals surface area contributed by atoms with E-state index in [1.807, 2.05) is 36.4 Å². The van der Waals surface area contributed by atoms with E-state index in [2.05, 4.69) is 0 Å². The van der Waals surface area contributed by atoms with Gasteiger partial charge >= 0.3 is 0 Å². The monoisotopic (exact) mass is 305 g/mol. The Hall–Kier alpha value is -1.49. The van der Waals surface area contributed by atoms with E-state index in [-0.39, 0.29) is 6.61 Å². The van der Waals surface area contributed by atoms with Crippen LogP contribution in [-0.4, -0.2) is 41.6 Å². The van der Waals surface area contributed by atoms with Gasteiger partial charge in [0.05, 0.1) is 13.2 Å². The van der Waals surface area contributed by atoms with Gasteiger partial charge in [-0.2, -0.15) is 5.26 Å². The molecule has 2 heterocycles. The molecule has 6 heteroatoms. The summed E-state index contributed by atoms with van der Waals surface area (Å²) >= 11 is 0. The fourth-order valence-electron chi connectivity index (χ4n) is 2.74. The van der Waals surface area contributed by atoms with Crippen LogP contribution in [0.4, 0.5) is 0 Å². The van der Waals surface area contributed by atoms with E-state index in [9.17, 15) is 10.4 Å². The number of benzene rings is 1. The highest BCUT2D eigenvalue weighted by atomic mass is 16.8. The van der Waals surface area contributed by atoms with E-state index in [4.69, 9.17) is 18.9 Å². The van der Waals surface area contributed by atoms with Gasteiger partial charge in [-0.3, -0.25) is 0 Å². The number of aliphatic hydroxyl groups is 1. The third-order valence-electron chi connectivity index (χ3n) is 3.84. The van der Waals surface area contributed by atoms with Gasteiger partial charge in [0.25, 0.3) is 0 Å². The van der Waals surface area contributed by atoms with E-state index >= 15 is 0 Å². The van der Waals surface area contributed by atoms with Gasteiger partial charge in [0.1, 0.15) is 12.2 Å². The largest absolute Gasteiger partial charge is 0.374 e. The predicted octanol–water partition coefficient (Wildman–Crippen LogP) is 1.33. The lowest BCUT2D eigenvalue weighted by Gasteiger charge is -2.27. The topological polar surface area (TPSA) is 80.9 Å². The molecule has 0 spiro atoms. The average molecular weight is 305 g/mol. The van der Waals surface area contributed by atoms with E-state index < -0.39 is 29.9 Å². The molecule has 0 unspecified atom stereocenters. The molecule has 1 N–H and O–H groups in total. The molecule has 2 aliphatic rings. The summed E-state index contributed by atoms with van der Waals surface area (Å²) in [6.07, 6.45) is -2.41. The van der Waals surface area contributed by atoms with Crippen molar-refractivity contribution >= 4 is 0 Å². The molecule has 0 amide bonds. The minimum absolute atomic E-state index is 0.0824. The van der Waals surface area contributed by atoms with Crippen molar-refractivity contribution in [2.45, 2.75) is 50.3 Å². The van der Waals surface area contributed by atoms with E-state index in [0.29, 0.717) is 6.61 Å². The molecule has 2 fully saturated rings. The first kappa shape index (κ1) is 15.4. The second kappa shape index (κ2) is 5.61. The minimum atomic E-state index is -1.78. The van der Waals surface area contributed by atoms with Crippen LogP contribution in [-0.2, 0) is 25.6 Å². The first-order valence-corrected chi connectivity index (χ1v) is 7.21. The van der Waals surface area contributed by atoms with Crippen LogP contribution in [0.3, 0.4) is 0 Å². The van der Waals surface area contributed by atoms with E-state index in [1.54, 1.807) is 13.8 Å². The van der Waals surface area contributed by atoms with Crippen LogP contribution in [0, 0.1) is 11.3 Å². The van der Waals surface area contributed by atoms with Crippen molar-refractivity contribution in [3.05, 3.63) is 35.9 Å². The maximum atomic E-state index is 10.6. The lowest BCUT2D eigenvalue weighted by Crippen LogP contribution is -2.49. The number of hydrogen-bond acceptors (Lipinski definition) is 6. The number of nitriles is 1. The minimum Gasteiger partial charge on any atom is -0.374 e. The summed E-state index contributed by atoms with van der Waals surface area (Å²) in [7, 11) is 0. The van der Waals surface area contributed by atoms with Crippen LogP contribution >= 0.6 is 0 Å².